The zero-order valence-corrected chi connectivity index (χ0v) is 16.2. The Balaban J connectivity index is 1.33. The Hall–Kier alpha value is -2.56. The van der Waals surface area contributed by atoms with Gasteiger partial charge in [0, 0.05) is 11.6 Å². The van der Waals surface area contributed by atoms with Gasteiger partial charge in [-0.1, -0.05) is 48.0 Å². The van der Waals surface area contributed by atoms with Crippen molar-refractivity contribution < 1.29 is 13.9 Å². The van der Waals surface area contributed by atoms with E-state index in [1.165, 1.54) is 0 Å². The number of furan rings is 1. The van der Waals surface area contributed by atoms with Crippen LogP contribution in [-0.2, 0) is 34.7 Å². The maximum Gasteiger partial charge on any atom is 0.230 e. The van der Waals surface area contributed by atoms with E-state index >= 15 is 0 Å². The highest BCUT2D eigenvalue weighted by Crippen LogP contribution is 2.48. The predicted molar refractivity (Wildman–Crippen MR) is 108 cm³/mol. The molecule has 0 spiro atoms. The fourth-order valence-electron chi connectivity index (χ4n) is 3.40. The molecule has 144 valence electrons. The van der Waals surface area contributed by atoms with Crippen LogP contribution in [0.25, 0.3) is 0 Å². The first-order valence-electron chi connectivity index (χ1n) is 9.38. The molecule has 2 aromatic carbocycles. The van der Waals surface area contributed by atoms with Gasteiger partial charge in [-0.2, -0.15) is 0 Å². The third kappa shape index (κ3) is 4.29. The normalized spacial score (nSPS) is 14.6. The second-order valence-electron chi connectivity index (χ2n) is 7.17. The molecule has 4 nitrogen and oxygen atoms in total. The minimum atomic E-state index is -0.422. The molecule has 0 aliphatic heterocycles. The lowest BCUT2D eigenvalue weighted by atomic mass is 9.95. The zero-order chi connectivity index (χ0) is 19.4. The molecule has 1 aromatic heterocycles. The number of carbonyl (C=O) groups is 1. The highest BCUT2D eigenvalue weighted by Gasteiger charge is 2.51. The Bertz CT molecular complexity index is 948. The molecule has 0 atom stereocenters. The number of ether oxygens (including phenoxy) is 1. The molecule has 1 heterocycles. The third-order valence-corrected chi connectivity index (χ3v) is 5.33. The van der Waals surface area contributed by atoms with Crippen LogP contribution in [0.15, 0.2) is 71.3 Å². The van der Waals surface area contributed by atoms with E-state index in [1.807, 2.05) is 54.6 Å². The van der Waals surface area contributed by atoms with Crippen molar-refractivity contribution in [2.75, 3.05) is 0 Å². The fourth-order valence-corrected chi connectivity index (χ4v) is 3.59. The van der Waals surface area contributed by atoms with E-state index in [-0.39, 0.29) is 5.91 Å². The first kappa shape index (κ1) is 18.8. The van der Waals surface area contributed by atoms with Crippen LogP contribution in [0.3, 0.4) is 0 Å². The Morgan fingerprint density at radius 3 is 2.61 bits per heavy atom. The van der Waals surface area contributed by atoms with Crippen molar-refractivity contribution in [3.05, 3.63) is 94.4 Å². The van der Waals surface area contributed by atoms with Crippen molar-refractivity contribution in [2.45, 2.75) is 38.0 Å². The first-order chi connectivity index (χ1) is 13.7. The summed E-state index contributed by atoms with van der Waals surface area (Å²) in [5.74, 6) is 0.869. The standard InChI is InChI=1S/C23H22ClNO3/c24-20-7-2-6-19(13-20)23(9-10-23)22(26)25-14-17-4-1-5-18(12-17)15-27-16-21-8-3-11-28-21/h1-8,11-13H,9-10,14-16H2,(H,25,26). The van der Waals surface area contributed by atoms with Crippen LogP contribution >= 0.6 is 11.6 Å². The topological polar surface area (TPSA) is 51.5 Å². The van der Waals surface area contributed by atoms with E-state index in [9.17, 15) is 4.79 Å². The Morgan fingerprint density at radius 2 is 1.86 bits per heavy atom. The van der Waals surface area contributed by atoms with Gasteiger partial charge in [-0.25, -0.2) is 0 Å². The average Bonchev–Trinajstić information content (AvgIpc) is 3.36. The molecule has 0 unspecified atom stereocenters. The van der Waals surface area contributed by atoms with Gasteiger partial charge in [-0.05, 0) is 53.8 Å². The second-order valence-corrected chi connectivity index (χ2v) is 7.60. The molecule has 0 bridgehead atoms. The summed E-state index contributed by atoms with van der Waals surface area (Å²) >= 11 is 6.10. The van der Waals surface area contributed by atoms with Gasteiger partial charge in [0.1, 0.15) is 12.4 Å². The maximum absolute atomic E-state index is 12.8. The van der Waals surface area contributed by atoms with Gasteiger partial charge in [-0.15, -0.1) is 0 Å². The van der Waals surface area contributed by atoms with E-state index in [2.05, 4.69) is 11.4 Å². The van der Waals surface area contributed by atoms with Crippen molar-refractivity contribution >= 4 is 17.5 Å². The van der Waals surface area contributed by atoms with Gasteiger partial charge in [0.05, 0.1) is 18.3 Å². The van der Waals surface area contributed by atoms with Gasteiger partial charge in [-0.3, -0.25) is 4.79 Å². The number of nitrogens with one attached hydrogen (secondary N) is 1. The van der Waals surface area contributed by atoms with E-state index in [0.717, 1.165) is 35.3 Å². The van der Waals surface area contributed by atoms with Gasteiger partial charge in [0.25, 0.3) is 0 Å². The number of rotatable bonds is 8. The van der Waals surface area contributed by atoms with Crippen molar-refractivity contribution in [3.8, 4) is 0 Å². The van der Waals surface area contributed by atoms with Crippen LogP contribution < -0.4 is 5.32 Å². The van der Waals surface area contributed by atoms with Crippen LogP contribution in [0, 0.1) is 0 Å². The quantitative estimate of drug-likeness (QED) is 0.584. The summed E-state index contributed by atoms with van der Waals surface area (Å²) in [6, 6.07) is 19.4. The van der Waals surface area contributed by atoms with Crippen LogP contribution in [0.4, 0.5) is 0 Å². The van der Waals surface area contributed by atoms with Crippen LogP contribution in [0.5, 0.6) is 0 Å². The molecule has 1 aliphatic carbocycles. The molecule has 5 heteroatoms. The highest BCUT2D eigenvalue weighted by atomic mass is 35.5. The maximum atomic E-state index is 12.8. The molecule has 4 rings (SSSR count). The van der Waals surface area contributed by atoms with Crippen molar-refractivity contribution in [1.29, 1.82) is 0 Å². The SMILES string of the molecule is O=C(NCc1cccc(COCc2ccco2)c1)C1(c2cccc(Cl)c2)CC1. The average molecular weight is 396 g/mol. The monoisotopic (exact) mass is 395 g/mol. The largest absolute Gasteiger partial charge is 0.467 e. The summed E-state index contributed by atoms with van der Waals surface area (Å²) in [5, 5.41) is 3.75. The lowest BCUT2D eigenvalue weighted by Gasteiger charge is -2.16. The van der Waals surface area contributed by atoms with E-state index in [0.29, 0.717) is 24.8 Å². The highest BCUT2D eigenvalue weighted by molar-refractivity contribution is 6.30. The summed E-state index contributed by atoms with van der Waals surface area (Å²) < 4.78 is 10.9. The van der Waals surface area contributed by atoms with E-state index in [1.54, 1.807) is 6.26 Å². The molecule has 1 N–H and O–H groups in total. The number of halogens is 1. The number of hydrogen-bond acceptors (Lipinski definition) is 3. The Labute approximate surface area is 169 Å². The molecular weight excluding hydrogens is 374 g/mol. The smallest absolute Gasteiger partial charge is 0.230 e. The number of carbonyl (C=O) groups excluding carboxylic acids is 1. The fraction of sp³-hybridized carbons (Fsp3) is 0.261. The van der Waals surface area contributed by atoms with Crippen LogP contribution in [0.2, 0.25) is 5.02 Å². The van der Waals surface area contributed by atoms with E-state index < -0.39 is 5.41 Å². The molecule has 1 amide bonds. The lowest BCUT2D eigenvalue weighted by molar-refractivity contribution is -0.123. The first-order valence-corrected chi connectivity index (χ1v) is 9.76. The number of amides is 1. The van der Waals surface area contributed by atoms with Crippen LogP contribution in [0.1, 0.15) is 35.3 Å². The predicted octanol–water partition coefficient (Wildman–Crippen LogP) is 5.00. The van der Waals surface area contributed by atoms with Gasteiger partial charge in [0.2, 0.25) is 5.91 Å². The summed E-state index contributed by atoms with van der Waals surface area (Å²) in [5.41, 5.74) is 2.69. The molecule has 1 saturated carbocycles. The Morgan fingerprint density at radius 1 is 1.04 bits per heavy atom. The lowest BCUT2D eigenvalue weighted by Crippen LogP contribution is -2.34. The molecule has 0 radical (unpaired) electrons. The molecule has 1 fully saturated rings. The zero-order valence-electron chi connectivity index (χ0n) is 15.5. The molecule has 1 aliphatic rings. The van der Waals surface area contributed by atoms with Gasteiger partial charge >= 0.3 is 0 Å². The molecule has 0 saturated heterocycles. The van der Waals surface area contributed by atoms with Crippen LogP contribution in [-0.4, -0.2) is 5.91 Å². The van der Waals surface area contributed by atoms with Crippen molar-refractivity contribution in [3.63, 3.8) is 0 Å². The van der Waals surface area contributed by atoms with Crippen molar-refractivity contribution in [2.24, 2.45) is 0 Å². The molecule has 28 heavy (non-hydrogen) atoms. The minimum absolute atomic E-state index is 0.0641. The summed E-state index contributed by atoms with van der Waals surface area (Å²) in [4.78, 5) is 12.8. The minimum Gasteiger partial charge on any atom is -0.467 e. The van der Waals surface area contributed by atoms with Crippen molar-refractivity contribution in [1.82, 2.24) is 5.32 Å². The van der Waals surface area contributed by atoms with Gasteiger partial charge in [0.15, 0.2) is 0 Å². The Kier molecular flexibility index (Phi) is 5.51. The van der Waals surface area contributed by atoms with Gasteiger partial charge < -0.3 is 14.5 Å². The number of hydrogen-bond donors (Lipinski definition) is 1. The summed E-state index contributed by atoms with van der Waals surface area (Å²) in [7, 11) is 0. The molecule has 3 aromatic rings. The summed E-state index contributed by atoms with van der Waals surface area (Å²) in [6.45, 7) is 1.43. The number of benzene rings is 2. The third-order valence-electron chi connectivity index (χ3n) is 5.10. The second kappa shape index (κ2) is 8.21. The summed E-state index contributed by atoms with van der Waals surface area (Å²) in [6.07, 6.45) is 3.36. The van der Waals surface area contributed by atoms with E-state index in [4.69, 9.17) is 20.8 Å². The molecular formula is C23H22ClNO3.